The zero-order valence-electron chi connectivity index (χ0n) is 9.38. The SMILES string of the molecule is CCCCO[Si](O[Si])(O[Si])OCCCC. The molecule has 0 spiro atoms. The Morgan fingerprint density at radius 1 is 0.867 bits per heavy atom. The summed E-state index contributed by atoms with van der Waals surface area (Å²) in [6.45, 7) is 5.33. The van der Waals surface area contributed by atoms with E-state index in [1.165, 1.54) is 0 Å². The lowest BCUT2D eigenvalue weighted by molar-refractivity contribution is 0.0450. The molecule has 0 aliphatic carbocycles. The summed E-state index contributed by atoms with van der Waals surface area (Å²) in [6.07, 6.45) is 4.03. The van der Waals surface area contributed by atoms with Gasteiger partial charge in [-0.3, -0.25) is 0 Å². The Morgan fingerprint density at radius 2 is 1.27 bits per heavy atom. The van der Waals surface area contributed by atoms with E-state index in [1.54, 1.807) is 0 Å². The van der Waals surface area contributed by atoms with Crippen molar-refractivity contribution in [3.05, 3.63) is 0 Å². The first-order valence-corrected chi connectivity index (χ1v) is 7.67. The summed E-state index contributed by atoms with van der Waals surface area (Å²) >= 11 is 0. The van der Waals surface area contributed by atoms with Gasteiger partial charge in [-0.2, -0.15) is 0 Å². The van der Waals surface area contributed by atoms with Crippen molar-refractivity contribution in [2.24, 2.45) is 0 Å². The van der Waals surface area contributed by atoms with E-state index in [-0.39, 0.29) is 0 Å². The molecule has 0 atom stereocenters. The highest BCUT2D eigenvalue weighted by Gasteiger charge is 2.41. The zero-order chi connectivity index (χ0) is 11.6. The number of unbranched alkanes of at least 4 members (excludes halogenated alkanes) is 2. The fourth-order valence-electron chi connectivity index (χ4n) is 0.863. The van der Waals surface area contributed by atoms with Crippen molar-refractivity contribution in [2.75, 3.05) is 13.2 Å². The van der Waals surface area contributed by atoms with Gasteiger partial charge in [0.2, 0.25) is 21.0 Å². The van der Waals surface area contributed by atoms with Crippen molar-refractivity contribution in [1.29, 1.82) is 0 Å². The van der Waals surface area contributed by atoms with E-state index in [2.05, 4.69) is 34.8 Å². The Bertz CT molecular complexity index is 132. The van der Waals surface area contributed by atoms with Gasteiger partial charge in [0.15, 0.2) is 0 Å². The van der Waals surface area contributed by atoms with Crippen LogP contribution in [0.1, 0.15) is 39.5 Å². The minimum atomic E-state index is -2.99. The van der Waals surface area contributed by atoms with Gasteiger partial charge >= 0.3 is 9.05 Å². The monoisotopic (exact) mass is 262 g/mol. The molecule has 0 aromatic carbocycles. The van der Waals surface area contributed by atoms with Crippen molar-refractivity contribution in [3.63, 3.8) is 0 Å². The highest BCUT2D eigenvalue weighted by atomic mass is 28.5. The van der Waals surface area contributed by atoms with Crippen LogP contribution in [0.25, 0.3) is 0 Å². The molecule has 0 N–H and O–H groups in total. The third-order valence-electron chi connectivity index (χ3n) is 1.80. The second kappa shape index (κ2) is 9.70. The Hall–Kier alpha value is 0.491. The molecule has 0 heterocycles. The van der Waals surface area contributed by atoms with Gasteiger partial charge in [0.1, 0.15) is 0 Å². The molecular formula is C8H18O4Si3. The summed E-state index contributed by atoms with van der Waals surface area (Å²) in [5.74, 6) is 0. The Kier molecular flexibility index (Phi) is 10.0. The quantitative estimate of drug-likeness (QED) is 0.439. The van der Waals surface area contributed by atoms with Crippen molar-refractivity contribution in [2.45, 2.75) is 39.5 Å². The van der Waals surface area contributed by atoms with Gasteiger partial charge in [-0.15, -0.1) is 0 Å². The molecule has 6 radical (unpaired) electrons. The second-order valence-corrected chi connectivity index (χ2v) is 6.32. The molecule has 0 rings (SSSR count). The molecule has 0 aromatic rings. The van der Waals surface area contributed by atoms with E-state index in [0.717, 1.165) is 25.7 Å². The van der Waals surface area contributed by atoms with Crippen molar-refractivity contribution < 1.29 is 17.1 Å². The second-order valence-electron chi connectivity index (χ2n) is 3.11. The minimum absolute atomic E-state index is 0.573. The molecule has 0 amide bonds. The molecule has 0 aliphatic heterocycles. The predicted octanol–water partition coefficient (Wildman–Crippen LogP) is 1.26. The van der Waals surface area contributed by atoms with Gasteiger partial charge in [-0.05, 0) is 12.8 Å². The maximum Gasteiger partial charge on any atom is 0.657 e. The summed E-state index contributed by atoms with van der Waals surface area (Å²) < 4.78 is 21.0. The topological polar surface area (TPSA) is 36.9 Å². The molecule has 0 aromatic heterocycles. The van der Waals surface area contributed by atoms with Crippen LogP contribution in [-0.4, -0.2) is 43.2 Å². The summed E-state index contributed by atoms with van der Waals surface area (Å²) in [5, 5.41) is 0. The molecular weight excluding hydrogens is 244 g/mol. The molecule has 0 bridgehead atoms. The van der Waals surface area contributed by atoms with E-state index >= 15 is 0 Å². The van der Waals surface area contributed by atoms with Crippen LogP contribution >= 0.6 is 0 Å². The average molecular weight is 262 g/mol. The van der Waals surface area contributed by atoms with Crippen LogP contribution in [0, 0.1) is 0 Å². The van der Waals surface area contributed by atoms with Gasteiger partial charge in [0, 0.05) is 13.2 Å². The molecule has 0 saturated heterocycles. The maximum absolute atomic E-state index is 5.49. The van der Waals surface area contributed by atoms with E-state index < -0.39 is 9.05 Å². The summed E-state index contributed by atoms with van der Waals surface area (Å²) in [5.41, 5.74) is 0. The van der Waals surface area contributed by atoms with Gasteiger partial charge < -0.3 is 17.1 Å². The van der Waals surface area contributed by atoms with Crippen LogP contribution in [0.2, 0.25) is 0 Å². The molecule has 0 unspecified atom stereocenters. The lowest BCUT2D eigenvalue weighted by Crippen LogP contribution is -2.48. The van der Waals surface area contributed by atoms with Crippen LogP contribution in [0.3, 0.4) is 0 Å². The van der Waals surface area contributed by atoms with Gasteiger partial charge in [-0.1, -0.05) is 26.7 Å². The van der Waals surface area contributed by atoms with Crippen LogP contribution in [0.4, 0.5) is 0 Å². The lowest BCUT2D eigenvalue weighted by Gasteiger charge is -2.25. The minimum Gasteiger partial charge on any atom is -0.394 e. The first kappa shape index (κ1) is 15.5. The summed E-state index contributed by atoms with van der Waals surface area (Å²) in [4.78, 5) is 0. The largest absolute Gasteiger partial charge is 0.657 e. The summed E-state index contributed by atoms with van der Waals surface area (Å²) in [7, 11) is 2.90. The number of hydrogen-bond donors (Lipinski definition) is 0. The molecule has 0 saturated carbocycles. The third kappa shape index (κ3) is 6.61. The predicted molar refractivity (Wildman–Crippen MR) is 61.2 cm³/mol. The molecule has 86 valence electrons. The van der Waals surface area contributed by atoms with Crippen LogP contribution < -0.4 is 0 Å². The Morgan fingerprint density at radius 3 is 1.53 bits per heavy atom. The van der Waals surface area contributed by atoms with Crippen LogP contribution in [0.5, 0.6) is 0 Å². The van der Waals surface area contributed by atoms with Crippen LogP contribution in [-0.2, 0) is 17.1 Å². The first-order valence-electron chi connectivity index (χ1n) is 5.22. The fraction of sp³-hybridized carbons (Fsp3) is 1.00. The first-order chi connectivity index (χ1) is 7.24. The van der Waals surface area contributed by atoms with Crippen molar-refractivity contribution in [1.82, 2.24) is 0 Å². The fourth-order valence-corrected chi connectivity index (χ4v) is 3.22. The Balaban J connectivity index is 3.93. The molecule has 4 nitrogen and oxygen atoms in total. The molecule has 0 fully saturated rings. The standard InChI is InChI=1S/C8H18O4Si3/c1-3-5-7-9-15(11-13,12-14)10-8-6-4-2/h3-8H2,1-2H3. The molecule has 15 heavy (non-hydrogen) atoms. The normalized spacial score (nSPS) is 12.0. The highest BCUT2D eigenvalue weighted by molar-refractivity contribution is 6.60. The van der Waals surface area contributed by atoms with Crippen LogP contribution in [0.15, 0.2) is 0 Å². The maximum atomic E-state index is 5.49. The smallest absolute Gasteiger partial charge is 0.394 e. The van der Waals surface area contributed by atoms with E-state index in [0.29, 0.717) is 13.2 Å². The molecule has 7 heteroatoms. The van der Waals surface area contributed by atoms with E-state index in [4.69, 9.17) is 17.1 Å². The highest BCUT2D eigenvalue weighted by Crippen LogP contribution is 2.10. The Labute approximate surface area is 100 Å². The summed E-state index contributed by atoms with van der Waals surface area (Å²) in [6, 6.07) is 0. The van der Waals surface area contributed by atoms with E-state index in [1.807, 2.05) is 0 Å². The molecule has 0 aliphatic rings. The van der Waals surface area contributed by atoms with Gasteiger partial charge in [0.05, 0.1) is 0 Å². The third-order valence-corrected chi connectivity index (χ3v) is 4.92. The number of rotatable bonds is 10. The zero-order valence-corrected chi connectivity index (χ0v) is 12.4. The lowest BCUT2D eigenvalue weighted by atomic mass is 10.4. The van der Waals surface area contributed by atoms with Crippen molar-refractivity contribution in [3.8, 4) is 0 Å². The van der Waals surface area contributed by atoms with Gasteiger partial charge in [-0.25, -0.2) is 0 Å². The average Bonchev–Trinajstić information content (AvgIpc) is 2.28. The van der Waals surface area contributed by atoms with Gasteiger partial charge in [0.25, 0.3) is 0 Å². The van der Waals surface area contributed by atoms with Crippen molar-refractivity contribution >= 4 is 30.0 Å². The number of hydrogen-bond acceptors (Lipinski definition) is 4. The van der Waals surface area contributed by atoms with E-state index in [9.17, 15) is 0 Å².